The van der Waals surface area contributed by atoms with E-state index in [-0.39, 0.29) is 18.2 Å². The molecule has 0 bridgehead atoms. The van der Waals surface area contributed by atoms with Gasteiger partial charge >= 0.3 is 0 Å². The summed E-state index contributed by atoms with van der Waals surface area (Å²) in [6, 6.07) is 7.40. The zero-order chi connectivity index (χ0) is 21.7. The van der Waals surface area contributed by atoms with Crippen molar-refractivity contribution >= 4 is 28.8 Å². The Labute approximate surface area is 180 Å². The van der Waals surface area contributed by atoms with Crippen LogP contribution in [0.15, 0.2) is 42.3 Å². The number of benzene rings is 1. The second-order valence-electron chi connectivity index (χ2n) is 6.88. The molecule has 160 valence electrons. The van der Waals surface area contributed by atoms with Crippen LogP contribution in [0.3, 0.4) is 0 Å². The first-order valence-electron chi connectivity index (χ1n) is 9.54. The van der Waals surface area contributed by atoms with Crippen molar-refractivity contribution in [2.75, 3.05) is 39.3 Å². The molecule has 0 aliphatic carbocycles. The van der Waals surface area contributed by atoms with Crippen LogP contribution in [0.4, 0.5) is 5.69 Å². The van der Waals surface area contributed by atoms with Gasteiger partial charge in [-0.15, -0.1) is 17.9 Å². The fourth-order valence-electron chi connectivity index (χ4n) is 3.58. The smallest absolute Gasteiger partial charge is 0.228 e. The number of nitrogens with zero attached hydrogens (tertiary/aromatic N) is 2. The van der Waals surface area contributed by atoms with Crippen molar-refractivity contribution in [2.24, 2.45) is 5.92 Å². The van der Waals surface area contributed by atoms with Crippen LogP contribution in [0.25, 0.3) is 0 Å². The van der Waals surface area contributed by atoms with E-state index in [4.69, 9.17) is 14.2 Å². The molecule has 2 aromatic rings. The lowest BCUT2D eigenvalue weighted by Gasteiger charge is -2.24. The monoisotopic (exact) mass is 430 g/mol. The molecule has 1 atom stereocenters. The number of amides is 2. The minimum Gasteiger partial charge on any atom is -0.493 e. The largest absolute Gasteiger partial charge is 0.493 e. The molecule has 0 radical (unpaired) electrons. The van der Waals surface area contributed by atoms with Crippen molar-refractivity contribution in [2.45, 2.75) is 13.0 Å². The Morgan fingerprint density at radius 2 is 1.97 bits per heavy atom. The Bertz CT molecular complexity index is 887. The normalized spacial score (nSPS) is 15.8. The molecule has 0 N–H and O–H groups in total. The molecule has 1 aromatic heterocycles. The van der Waals surface area contributed by atoms with Crippen LogP contribution in [0, 0.1) is 5.92 Å². The molecule has 2 amide bonds. The Morgan fingerprint density at radius 3 is 2.50 bits per heavy atom. The van der Waals surface area contributed by atoms with Gasteiger partial charge in [-0.25, -0.2) is 0 Å². The Balaban J connectivity index is 1.81. The van der Waals surface area contributed by atoms with Gasteiger partial charge in [0.1, 0.15) is 0 Å². The lowest BCUT2D eigenvalue weighted by molar-refractivity contribution is -0.135. The van der Waals surface area contributed by atoms with Crippen LogP contribution >= 0.6 is 11.3 Å². The van der Waals surface area contributed by atoms with E-state index in [2.05, 4.69) is 6.58 Å². The topological polar surface area (TPSA) is 68.3 Å². The summed E-state index contributed by atoms with van der Waals surface area (Å²) in [5.74, 6) is 0.789. The molecular weight excluding hydrogens is 404 g/mol. The van der Waals surface area contributed by atoms with E-state index in [0.717, 1.165) is 4.88 Å². The minimum absolute atomic E-state index is 0.0495. The van der Waals surface area contributed by atoms with Crippen molar-refractivity contribution < 1.29 is 23.8 Å². The van der Waals surface area contributed by atoms with Gasteiger partial charge in [-0.1, -0.05) is 12.1 Å². The predicted octanol–water partition coefficient (Wildman–Crippen LogP) is 3.34. The quantitative estimate of drug-likeness (QED) is 0.571. The number of carbonyl (C=O) groups excluding carboxylic acids is 2. The zero-order valence-electron chi connectivity index (χ0n) is 17.4. The second-order valence-corrected chi connectivity index (χ2v) is 7.91. The Kier molecular flexibility index (Phi) is 6.99. The van der Waals surface area contributed by atoms with E-state index in [0.29, 0.717) is 42.6 Å². The molecule has 30 heavy (non-hydrogen) atoms. The highest BCUT2D eigenvalue weighted by molar-refractivity contribution is 7.09. The van der Waals surface area contributed by atoms with E-state index >= 15 is 0 Å². The molecule has 1 aliphatic heterocycles. The van der Waals surface area contributed by atoms with E-state index in [9.17, 15) is 9.59 Å². The average Bonchev–Trinajstić information content (AvgIpc) is 3.41. The number of rotatable bonds is 9. The SMILES string of the molecule is C=CCN(Cc1cccs1)C(=O)[C@@H]1CC(=O)N(c2cc(OC)c(OC)c(OC)c2)C1. The Morgan fingerprint density at radius 1 is 1.27 bits per heavy atom. The maximum Gasteiger partial charge on any atom is 0.228 e. The van der Waals surface area contributed by atoms with Crippen LogP contribution in [0.1, 0.15) is 11.3 Å². The number of ether oxygens (including phenoxy) is 3. The van der Waals surface area contributed by atoms with Crippen LogP contribution in [-0.4, -0.2) is 51.1 Å². The molecule has 0 spiro atoms. The van der Waals surface area contributed by atoms with Crippen molar-refractivity contribution in [1.82, 2.24) is 4.90 Å². The molecule has 7 nitrogen and oxygen atoms in total. The zero-order valence-corrected chi connectivity index (χ0v) is 18.2. The molecular formula is C22H26N2O5S. The summed E-state index contributed by atoms with van der Waals surface area (Å²) in [7, 11) is 4.57. The molecule has 1 aliphatic rings. The summed E-state index contributed by atoms with van der Waals surface area (Å²) >= 11 is 1.60. The third kappa shape index (κ3) is 4.43. The lowest BCUT2D eigenvalue weighted by atomic mass is 10.1. The number of hydrogen-bond donors (Lipinski definition) is 0. The van der Waals surface area contributed by atoms with Gasteiger partial charge in [-0.05, 0) is 11.4 Å². The molecule has 1 fully saturated rings. The van der Waals surface area contributed by atoms with Crippen LogP contribution in [0.2, 0.25) is 0 Å². The summed E-state index contributed by atoms with van der Waals surface area (Å²) in [5, 5.41) is 1.98. The molecule has 8 heteroatoms. The highest BCUT2D eigenvalue weighted by Crippen LogP contribution is 2.42. The van der Waals surface area contributed by atoms with Gasteiger partial charge in [-0.3, -0.25) is 9.59 Å². The van der Waals surface area contributed by atoms with Crippen LogP contribution < -0.4 is 19.1 Å². The van der Waals surface area contributed by atoms with Crippen LogP contribution in [0.5, 0.6) is 17.2 Å². The molecule has 0 saturated carbocycles. The van der Waals surface area contributed by atoms with Gasteiger partial charge in [-0.2, -0.15) is 0 Å². The standard InChI is InChI=1S/C22H26N2O5S/c1-5-8-23(14-17-7-6-9-30-17)22(26)15-10-20(25)24(13-15)16-11-18(27-2)21(29-4)19(12-16)28-3/h5-7,9,11-12,15H,1,8,10,13-14H2,2-4H3/t15-/m1/s1. The maximum absolute atomic E-state index is 13.2. The third-order valence-electron chi connectivity index (χ3n) is 5.02. The van der Waals surface area contributed by atoms with Crippen molar-refractivity contribution in [3.63, 3.8) is 0 Å². The first-order valence-corrected chi connectivity index (χ1v) is 10.4. The fourth-order valence-corrected chi connectivity index (χ4v) is 4.30. The van der Waals surface area contributed by atoms with Crippen molar-refractivity contribution in [3.05, 3.63) is 47.2 Å². The summed E-state index contributed by atoms with van der Waals surface area (Å²) < 4.78 is 16.1. The highest BCUT2D eigenvalue weighted by atomic mass is 32.1. The lowest BCUT2D eigenvalue weighted by Crippen LogP contribution is -2.37. The predicted molar refractivity (Wildman–Crippen MR) is 116 cm³/mol. The number of anilines is 1. The fraction of sp³-hybridized carbons (Fsp3) is 0.364. The van der Waals surface area contributed by atoms with Crippen molar-refractivity contribution in [1.29, 1.82) is 0 Å². The first-order chi connectivity index (χ1) is 14.5. The van der Waals surface area contributed by atoms with Gasteiger partial charge in [0, 0.05) is 36.5 Å². The van der Waals surface area contributed by atoms with E-state index in [1.807, 2.05) is 17.5 Å². The second kappa shape index (κ2) is 9.67. The number of methoxy groups -OCH3 is 3. The summed E-state index contributed by atoms with van der Waals surface area (Å²) in [6.45, 7) is 5.01. The number of thiophene rings is 1. The van der Waals surface area contributed by atoms with E-state index in [1.165, 1.54) is 21.3 Å². The van der Waals surface area contributed by atoms with Gasteiger partial charge in [0.2, 0.25) is 17.6 Å². The molecule has 1 saturated heterocycles. The van der Waals surface area contributed by atoms with Gasteiger partial charge in [0.25, 0.3) is 0 Å². The van der Waals surface area contributed by atoms with Gasteiger partial charge < -0.3 is 24.0 Å². The molecule has 1 aromatic carbocycles. The average molecular weight is 431 g/mol. The van der Waals surface area contributed by atoms with Gasteiger partial charge in [0.15, 0.2) is 11.5 Å². The minimum atomic E-state index is -0.420. The molecule has 0 unspecified atom stereocenters. The van der Waals surface area contributed by atoms with E-state index in [1.54, 1.807) is 39.3 Å². The van der Waals surface area contributed by atoms with Crippen LogP contribution in [-0.2, 0) is 16.1 Å². The number of hydrogen-bond acceptors (Lipinski definition) is 6. The first kappa shape index (κ1) is 21.7. The third-order valence-corrected chi connectivity index (χ3v) is 5.88. The number of carbonyl (C=O) groups is 2. The molecule has 3 rings (SSSR count). The highest BCUT2D eigenvalue weighted by Gasteiger charge is 2.37. The van der Waals surface area contributed by atoms with E-state index < -0.39 is 5.92 Å². The summed E-state index contributed by atoms with van der Waals surface area (Å²) in [6.07, 6.45) is 1.87. The molecule has 2 heterocycles. The van der Waals surface area contributed by atoms with Crippen molar-refractivity contribution in [3.8, 4) is 17.2 Å². The summed E-state index contributed by atoms with van der Waals surface area (Å²) in [5.41, 5.74) is 0.610. The summed E-state index contributed by atoms with van der Waals surface area (Å²) in [4.78, 5) is 30.4. The Hall–Kier alpha value is -3.00. The maximum atomic E-state index is 13.2. The van der Waals surface area contributed by atoms with Gasteiger partial charge in [0.05, 0.1) is 39.5 Å².